The Kier molecular flexibility index (Phi) is 3.79. The Bertz CT molecular complexity index is 572. The first-order valence-electron chi connectivity index (χ1n) is 4.50. The maximum absolute atomic E-state index is 12.6. The van der Waals surface area contributed by atoms with Crippen molar-refractivity contribution in [2.45, 2.75) is 6.18 Å². The van der Waals surface area contributed by atoms with Crippen LogP contribution in [0.3, 0.4) is 0 Å². The lowest BCUT2D eigenvalue weighted by Crippen LogP contribution is -2.05. The quantitative estimate of drug-likeness (QED) is 0.844. The van der Waals surface area contributed by atoms with Gasteiger partial charge in [0.1, 0.15) is 0 Å². The van der Waals surface area contributed by atoms with E-state index in [1.54, 1.807) is 0 Å². The van der Waals surface area contributed by atoms with Crippen LogP contribution in [0.5, 0.6) is 0 Å². The van der Waals surface area contributed by atoms with Crippen LogP contribution in [-0.2, 0) is 6.18 Å². The van der Waals surface area contributed by atoms with E-state index < -0.39 is 11.7 Å². The summed E-state index contributed by atoms with van der Waals surface area (Å²) in [5, 5.41) is 2.81. The van der Waals surface area contributed by atoms with Gasteiger partial charge in [0.25, 0.3) is 0 Å². The number of aromatic nitrogens is 2. The molecule has 2 aromatic rings. The number of rotatable bonds is 2. The molecule has 0 fully saturated rings. The molecule has 3 nitrogen and oxygen atoms in total. The van der Waals surface area contributed by atoms with E-state index in [0.29, 0.717) is 4.47 Å². The van der Waals surface area contributed by atoms with E-state index in [0.717, 1.165) is 23.9 Å². The second-order valence-corrected chi connectivity index (χ2v) is 4.96. The van der Waals surface area contributed by atoms with Crippen molar-refractivity contribution in [3.63, 3.8) is 0 Å². The lowest BCUT2D eigenvalue weighted by Gasteiger charge is -2.11. The van der Waals surface area contributed by atoms with Crippen LogP contribution < -0.4 is 5.32 Å². The van der Waals surface area contributed by atoms with Crippen LogP contribution in [0.2, 0.25) is 5.15 Å². The molecular formula is C9H4BrClF3N3S. The highest BCUT2D eigenvalue weighted by Crippen LogP contribution is 2.35. The normalized spacial score (nSPS) is 11.6. The van der Waals surface area contributed by atoms with Crippen LogP contribution in [-0.4, -0.2) is 8.75 Å². The zero-order chi connectivity index (χ0) is 13.3. The first-order chi connectivity index (χ1) is 8.38. The van der Waals surface area contributed by atoms with E-state index in [-0.39, 0.29) is 16.7 Å². The van der Waals surface area contributed by atoms with E-state index in [1.165, 1.54) is 6.07 Å². The predicted molar refractivity (Wildman–Crippen MR) is 67.3 cm³/mol. The molecule has 0 saturated heterocycles. The Labute approximate surface area is 117 Å². The molecule has 0 unspecified atom stereocenters. The van der Waals surface area contributed by atoms with Gasteiger partial charge < -0.3 is 5.32 Å². The Morgan fingerprint density at radius 3 is 2.56 bits per heavy atom. The number of alkyl halides is 3. The fourth-order valence-corrected chi connectivity index (χ4v) is 2.17. The molecule has 1 heterocycles. The van der Waals surface area contributed by atoms with Crippen molar-refractivity contribution in [3.8, 4) is 0 Å². The lowest BCUT2D eigenvalue weighted by atomic mass is 10.2. The smallest absolute Gasteiger partial charge is 0.336 e. The first-order valence-corrected chi connectivity index (χ1v) is 6.40. The van der Waals surface area contributed by atoms with Crippen LogP contribution >= 0.6 is 39.3 Å². The van der Waals surface area contributed by atoms with E-state index in [1.807, 2.05) is 0 Å². The Morgan fingerprint density at radius 2 is 2.00 bits per heavy atom. The number of nitrogens with zero attached hydrogens (tertiary/aromatic N) is 2. The minimum Gasteiger partial charge on any atom is -0.336 e. The van der Waals surface area contributed by atoms with Gasteiger partial charge in [-0.3, -0.25) is 0 Å². The molecule has 0 radical (unpaired) electrons. The Hall–Kier alpha value is -0.860. The van der Waals surface area contributed by atoms with Crippen molar-refractivity contribution in [2.24, 2.45) is 0 Å². The van der Waals surface area contributed by atoms with Crippen molar-refractivity contribution in [3.05, 3.63) is 33.4 Å². The SMILES string of the molecule is FC(F)(F)c1ccc(Br)c(Nc2nsnc2Cl)c1. The fourth-order valence-electron chi connectivity index (χ4n) is 1.18. The summed E-state index contributed by atoms with van der Waals surface area (Å²) in [6.45, 7) is 0. The van der Waals surface area contributed by atoms with Crippen molar-refractivity contribution in [1.29, 1.82) is 0 Å². The summed E-state index contributed by atoms with van der Waals surface area (Å²) < 4.78 is 45.7. The van der Waals surface area contributed by atoms with Crippen LogP contribution in [0.15, 0.2) is 22.7 Å². The zero-order valence-electron chi connectivity index (χ0n) is 8.42. The summed E-state index contributed by atoms with van der Waals surface area (Å²) >= 11 is 9.73. The molecule has 1 aromatic heterocycles. The third-order valence-corrected chi connectivity index (χ3v) is 3.58. The van der Waals surface area contributed by atoms with Crippen LogP contribution in [0.25, 0.3) is 0 Å². The first kappa shape index (κ1) is 13.6. The summed E-state index contributed by atoms with van der Waals surface area (Å²) in [7, 11) is 0. The zero-order valence-corrected chi connectivity index (χ0v) is 11.6. The molecular weight excluding hydrogens is 355 g/mol. The molecule has 9 heteroatoms. The van der Waals surface area contributed by atoms with Crippen LogP contribution in [0, 0.1) is 0 Å². The molecule has 0 amide bonds. The molecule has 1 N–H and O–H groups in total. The number of nitrogens with one attached hydrogen (secondary N) is 1. The molecule has 0 spiro atoms. The average molecular weight is 359 g/mol. The van der Waals surface area contributed by atoms with Crippen molar-refractivity contribution >= 4 is 50.8 Å². The maximum Gasteiger partial charge on any atom is 0.416 e. The molecule has 0 saturated carbocycles. The number of hydrogen-bond acceptors (Lipinski definition) is 4. The number of benzene rings is 1. The second kappa shape index (κ2) is 5.02. The molecule has 0 aliphatic carbocycles. The highest BCUT2D eigenvalue weighted by Gasteiger charge is 2.31. The van der Waals surface area contributed by atoms with Gasteiger partial charge in [-0.25, -0.2) is 0 Å². The van der Waals surface area contributed by atoms with Crippen molar-refractivity contribution in [1.82, 2.24) is 8.75 Å². The van der Waals surface area contributed by atoms with E-state index in [2.05, 4.69) is 30.0 Å². The topological polar surface area (TPSA) is 37.8 Å². The van der Waals surface area contributed by atoms with Gasteiger partial charge in [-0.15, -0.1) is 0 Å². The molecule has 1 aromatic carbocycles. The lowest BCUT2D eigenvalue weighted by molar-refractivity contribution is -0.137. The van der Waals surface area contributed by atoms with E-state index >= 15 is 0 Å². The van der Waals surface area contributed by atoms with Gasteiger partial charge in [0.2, 0.25) is 0 Å². The third-order valence-electron chi connectivity index (χ3n) is 2.00. The highest BCUT2D eigenvalue weighted by molar-refractivity contribution is 9.10. The second-order valence-electron chi connectivity index (χ2n) is 3.22. The largest absolute Gasteiger partial charge is 0.416 e. The van der Waals surface area contributed by atoms with Crippen LogP contribution in [0.4, 0.5) is 24.7 Å². The summed E-state index contributed by atoms with van der Waals surface area (Å²) in [5.41, 5.74) is -0.535. The molecule has 0 atom stereocenters. The van der Waals surface area contributed by atoms with Gasteiger partial charge in [-0.05, 0) is 34.1 Å². The van der Waals surface area contributed by atoms with Gasteiger partial charge in [0.15, 0.2) is 11.0 Å². The molecule has 0 aliphatic rings. The number of hydrogen-bond donors (Lipinski definition) is 1. The van der Waals surface area contributed by atoms with Gasteiger partial charge in [0.05, 0.1) is 23.0 Å². The monoisotopic (exact) mass is 357 g/mol. The molecule has 0 aliphatic heterocycles. The van der Waals surface area contributed by atoms with Gasteiger partial charge in [0, 0.05) is 4.47 Å². The summed E-state index contributed by atoms with van der Waals surface area (Å²) in [4.78, 5) is 0. The summed E-state index contributed by atoms with van der Waals surface area (Å²) in [6, 6.07) is 3.26. The fraction of sp³-hybridized carbons (Fsp3) is 0.111. The predicted octanol–water partition coefficient (Wildman–Crippen LogP) is 4.72. The van der Waals surface area contributed by atoms with Crippen LogP contribution in [0.1, 0.15) is 5.56 Å². The van der Waals surface area contributed by atoms with E-state index in [4.69, 9.17) is 11.6 Å². The minimum atomic E-state index is -4.40. The molecule has 0 bridgehead atoms. The Balaban J connectivity index is 2.36. The molecule has 18 heavy (non-hydrogen) atoms. The van der Waals surface area contributed by atoms with Gasteiger partial charge in [-0.1, -0.05) is 11.6 Å². The average Bonchev–Trinajstić information content (AvgIpc) is 2.66. The summed E-state index contributed by atoms with van der Waals surface area (Å²) in [5.74, 6) is 0.224. The van der Waals surface area contributed by atoms with Crippen molar-refractivity contribution in [2.75, 3.05) is 5.32 Å². The molecule has 96 valence electrons. The number of anilines is 2. The van der Waals surface area contributed by atoms with Crippen molar-refractivity contribution < 1.29 is 13.2 Å². The third kappa shape index (κ3) is 2.93. The Morgan fingerprint density at radius 1 is 1.28 bits per heavy atom. The standard InChI is InChI=1S/C9H4BrClF3N3S/c10-5-2-1-4(9(12,13)14)3-6(5)15-8-7(11)16-18-17-8/h1-3H,(H,15,17). The van der Waals surface area contributed by atoms with Gasteiger partial charge >= 0.3 is 6.18 Å². The molecule has 2 rings (SSSR count). The maximum atomic E-state index is 12.6. The summed E-state index contributed by atoms with van der Waals surface area (Å²) in [6.07, 6.45) is -4.40. The van der Waals surface area contributed by atoms with E-state index in [9.17, 15) is 13.2 Å². The number of halogens is 5. The highest BCUT2D eigenvalue weighted by atomic mass is 79.9. The minimum absolute atomic E-state index is 0.115. The van der Waals surface area contributed by atoms with Gasteiger partial charge in [-0.2, -0.15) is 21.9 Å².